The normalized spacial score (nSPS) is 14.9. The van der Waals surface area contributed by atoms with E-state index in [-0.39, 0.29) is 6.61 Å². The summed E-state index contributed by atoms with van der Waals surface area (Å²) in [5, 5.41) is 0.994. The third kappa shape index (κ3) is 3.03. The summed E-state index contributed by atoms with van der Waals surface area (Å²) in [5.41, 5.74) is 2.19. The smallest absolute Gasteiger partial charge is 0.421 e. The summed E-state index contributed by atoms with van der Waals surface area (Å²) in [6.45, 7) is 1.85. The number of nitrogens with zero attached hydrogens (tertiary/aromatic N) is 1. The van der Waals surface area contributed by atoms with Gasteiger partial charge in [-0.25, -0.2) is 9.69 Å². The van der Waals surface area contributed by atoms with Crippen LogP contribution in [-0.4, -0.2) is 18.6 Å². The number of benzene rings is 2. The van der Waals surface area contributed by atoms with E-state index >= 15 is 0 Å². The molecule has 0 bridgehead atoms. The highest BCUT2D eigenvalue weighted by Gasteiger charge is 2.37. The van der Waals surface area contributed by atoms with Gasteiger partial charge in [-0.3, -0.25) is 4.79 Å². The molecular weight excluding hydrogens is 349 g/mol. The Kier molecular flexibility index (Phi) is 4.60. The molecule has 0 saturated carbocycles. The van der Waals surface area contributed by atoms with Crippen LogP contribution in [0.3, 0.4) is 0 Å². The van der Waals surface area contributed by atoms with Gasteiger partial charge in [-0.2, -0.15) is 0 Å². The molecule has 6 heteroatoms. The molecule has 4 nitrogen and oxygen atoms in total. The number of imide groups is 1. The monoisotopic (exact) mass is 361 g/mol. The molecule has 2 aromatic carbocycles. The van der Waals surface area contributed by atoms with Crippen LogP contribution in [0.1, 0.15) is 18.1 Å². The Bertz CT molecular complexity index is 861. The first-order chi connectivity index (χ1) is 11.5. The maximum absolute atomic E-state index is 12.8. The van der Waals surface area contributed by atoms with Gasteiger partial charge in [-0.1, -0.05) is 41.4 Å². The van der Waals surface area contributed by atoms with E-state index in [1.165, 1.54) is 0 Å². The molecule has 0 unspecified atom stereocenters. The lowest BCUT2D eigenvalue weighted by Gasteiger charge is -2.14. The van der Waals surface area contributed by atoms with Crippen molar-refractivity contribution in [3.63, 3.8) is 0 Å². The second kappa shape index (κ2) is 6.67. The van der Waals surface area contributed by atoms with Gasteiger partial charge < -0.3 is 4.74 Å². The molecule has 3 rings (SSSR count). The first-order valence-electron chi connectivity index (χ1n) is 7.29. The van der Waals surface area contributed by atoms with Crippen molar-refractivity contribution in [2.75, 3.05) is 11.5 Å². The standard InChI is InChI=1S/C18H13Cl2NO3/c1-2-24-18(23)21-16-10-13(20)6-7-14(16)15(17(21)22)9-11-4-3-5-12(19)8-11/h3-10H,2H2,1H3/b15-9+. The summed E-state index contributed by atoms with van der Waals surface area (Å²) < 4.78 is 4.99. The first kappa shape index (κ1) is 16.6. The fourth-order valence-corrected chi connectivity index (χ4v) is 2.90. The van der Waals surface area contributed by atoms with Crippen molar-refractivity contribution in [3.05, 3.63) is 63.6 Å². The Morgan fingerprint density at radius 3 is 2.62 bits per heavy atom. The molecule has 0 atom stereocenters. The molecule has 122 valence electrons. The number of carbonyl (C=O) groups is 2. The van der Waals surface area contributed by atoms with Gasteiger partial charge in [0, 0.05) is 15.6 Å². The lowest BCUT2D eigenvalue weighted by Crippen LogP contribution is -2.34. The molecule has 0 radical (unpaired) electrons. The molecule has 0 fully saturated rings. The molecule has 0 aliphatic carbocycles. The topological polar surface area (TPSA) is 46.6 Å². The minimum atomic E-state index is -0.722. The van der Waals surface area contributed by atoms with Crippen LogP contribution < -0.4 is 4.90 Å². The summed E-state index contributed by atoms with van der Waals surface area (Å²) in [7, 11) is 0. The SMILES string of the molecule is CCOC(=O)N1C(=O)/C(=C/c2cccc(Cl)c2)c2ccc(Cl)cc21. The quantitative estimate of drug-likeness (QED) is 0.704. The van der Waals surface area contributed by atoms with Gasteiger partial charge in [-0.15, -0.1) is 0 Å². The molecule has 0 aromatic heterocycles. The van der Waals surface area contributed by atoms with E-state index in [1.807, 2.05) is 6.07 Å². The van der Waals surface area contributed by atoms with E-state index < -0.39 is 12.0 Å². The Balaban J connectivity index is 2.12. The fraction of sp³-hybridized carbons (Fsp3) is 0.111. The van der Waals surface area contributed by atoms with Gasteiger partial charge in [0.2, 0.25) is 0 Å². The third-order valence-corrected chi connectivity index (χ3v) is 4.00. The molecular formula is C18H13Cl2NO3. The van der Waals surface area contributed by atoms with Gasteiger partial charge >= 0.3 is 6.09 Å². The molecule has 1 heterocycles. The first-order valence-corrected chi connectivity index (χ1v) is 8.05. The second-order valence-corrected chi connectivity index (χ2v) is 5.99. The minimum Gasteiger partial charge on any atom is -0.449 e. The minimum absolute atomic E-state index is 0.172. The highest BCUT2D eigenvalue weighted by molar-refractivity contribution is 6.42. The van der Waals surface area contributed by atoms with Crippen molar-refractivity contribution >= 4 is 52.5 Å². The Morgan fingerprint density at radius 2 is 1.92 bits per heavy atom. The van der Waals surface area contributed by atoms with Crippen molar-refractivity contribution < 1.29 is 14.3 Å². The van der Waals surface area contributed by atoms with Crippen LogP contribution in [-0.2, 0) is 9.53 Å². The van der Waals surface area contributed by atoms with E-state index in [1.54, 1.807) is 49.4 Å². The highest BCUT2D eigenvalue weighted by atomic mass is 35.5. The van der Waals surface area contributed by atoms with Gasteiger partial charge in [0.25, 0.3) is 5.91 Å². The van der Waals surface area contributed by atoms with Crippen LogP contribution in [0.5, 0.6) is 0 Å². The van der Waals surface area contributed by atoms with Crippen LogP contribution >= 0.6 is 23.2 Å². The fourth-order valence-electron chi connectivity index (χ4n) is 2.53. The predicted molar refractivity (Wildman–Crippen MR) is 95.3 cm³/mol. The van der Waals surface area contributed by atoms with Crippen LogP contribution in [0.15, 0.2) is 42.5 Å². The van der Waals surface area contributed by atoms with Crippen LogP contribution in [0.4, 0.5) is 10.5 Å². The van der Waals surface area contributed by atoms with E-state index in [0.717, 1.165) is 10.5 Å². The Labute approximate surface area is 149 Å². The van der Waals surface area contributed by atoms with Gasteiger partial charge in [0.1, 0.15) is 0 Å². The lowest BCUT2D eigenvalue weighted by molar-refractivity contribution is -0.112. The van der Waals surface area contributed by atoms with Crippen molar-refractivity contribution in [1.82, 2.24) is 0 Å². The van der Waals surface area contributed by atoms with Crippen molar-refractivity contribution in [1.29, 1.82) is 0 Å². The van der Waals surface area contributed by atoms with Crippen molar-refractivity contribution in [3.8, 4) is 0 Å². The third-order valence-electron chi connectivity index (χ3n) is 3.53. The van der Waals surface area contributed by atoms with E-state index in [0.29, 0.717) is 26.9 Å². The molecule has 0 saturated heterocycles. The molecule has 0 N–H and O–H groups in total. The van der Waals surface area contributed by atoms with Gasteiger partial charge in [0.05, 0.1) is 17.9 Å². The predicted octanol–water partition coefficient (Wildman–Crippen LogP) is 5.04. The number of carbonyl (C=O) groups excluding carboxylic acids is 2. The van der Waals surface area contributed by atoms with Crippen LogP contribution in [0.25, 0.3) is 11.6 Å². The number of amides is 2. The maximum Gasteiger partial charge on any atom is 0.421 e. The molecule has 1 aliphatic rings. The number of rotatable bonds is 2. The maximum atomic E-state index is 12.8. The van der Waals surface area contributed by atoms with E-state index in [4.69, 9.17) is 27.9 Å². The Morgan fingerprint density at radius 1 is 1.17 bits per heavy atom. The summed E-state index contributed by atoms with van der Waals surface area (Å²) in [6.07, 6.45) is 0.973. The van der Waals surface area contributed by atoms with Gasteiger partial charge in [0.15, 0.2) is 0 Å². The van der Waals surface area contributed by atoms with Gasteiger partial charge in [-0.05, 0) is 42.8 Å². The largest absolute Gasteiger partial charge is 0.449 e. The molecule has 2 aromatic rings. The molecule has 1 aliphatic heterocycles. The zero-order chi connectivity index (χ0) is 17.3. The Hall–Kier alpha value is -2.30. The zero-order valence-corrected chi connectivity index (χ0v) is 14.3. The number of hydrogen-bond donors (Lipinski definition) is 0. The number of ether oxygens (including phenoxy) is 1. The number of anilines is 1. The number of fused-ring (bicyclic) bond motifs is 1. The lowest BCUT2D eigenvalue weighted by atomic mass is 10.0. The second-order valence-electron chi connectivity index (χ2n) is 5.11. The average molecular weight is 362 g/mol. The zero-order valence-electron chi connectivity index (χ0n) is 12.8. The highest BCUT2D eigenvalue weighted by Crippen LogP contribution is 2.39. The molecule has 24 heavy (non-hydrogen) atoms. The van der Waals surface area contributed by atoms with Crippen molar-refractivity contribution in [2.24, 2.45) is 0 Å². The van der Waals surface area contributed by atoms with Crippen LogP contribution in [0.2, 0.25) is 10.0 Å². The van der Waals surface area contributed by atoms with Crippen LogP contribution in [0, 0.1) is 0 Å². The van der Waals surface area contributed by atoms with E-state index in [9.17, 15) is 9.59 Å². The molecule has 2 amide bonds. The summed E-state index contributed by atoms with van der Waals surface area (Å²) >= 11 is 12.0. The summed E-state index contributed by atoms with van der Waals surface area (Å²) in [5.74, 6) is -0.453. The van der Waals surface area contributed by atoms with E-state index in [2.05, 4.69) is 0 Å². The summed E-state index contributed by atoms with van der Waals surface area (Å²) in [4.78, 5) is 25.9. The number of hydrogen-bond acceptors (Lipinski definition) is 3. The summed E-state index contributed by atoms with van der Waals surface area (Å²) in [6, 6.07) is 12.1. The van der Waals surface area contributed by atoms with Crippen molar-refractivity contribution in [2.45, 2.75) is 6.92 Å². The average Bonchev–Trinajstić information content (AvgIpc) is 2.79. The molecule has 0 spiro atoms. The number of halogens is 2.